The summed E-state index contributed by atoms with van der Waals surface area (Å²) in [5.74, 6) is 0. The molecule has 0 fully saturated rings. The van der Waals surface area contributed by atoms with Crippen LogP contribution in [0.5, 0.6) is 0 Å². The van der Waals surface area contributed by atoms with E-state index in [-0.39, 0.29) is 11.9 Å². The Morgan fingerprint density at radius 2 is 0.828 bits per heavy atom. The van der Waals surface area contributed by atoms with Crippen LogP contribution in [0.1, 0.15) is 149 Å². The molecule has 0 radical (unpaired) electrons. The van der Waals surface area contributed by atoms with E-state index in [1.165, 1.54) is 89.9 Å². The van der Waals surface area contributed by atoms with Crippen LogP contribution in [0.2, 0.25) is 0 Å². The molecule has 0 amide bonds. The number of unbranched alkanes of at least 4 members (excludes halogenated alkanes) is 16. The van der Waals surface area contributed by atoms with Gasteiger partial charge in [-0.25, -0.2) is 0 Å². The highest BCUT2D eigenvalue weighted by molar-refractivity contribution is 7.87. The van der Waals surface area contributed by atoms with Gasteiger partial charge in [-0.15, -0.1) is 0 Å². The van der Waals surface area contributed by atoms with Gasteiger partial charge >= 0.3 is 0 Å². The third kappa shape index (κ3) is 18.4. The molecule has 0 spiro atoms. The molecular formula is C25H52O3S. The van der Waals surface area contributed by atoms with Crippen molar-refractivity contribution in [1.82, 2.24) is 0 Å². The van der Waals surface area contributed by atoms with Crippen molar-refractivity contribution in [2.75, 3.05) is 6.61 Å². The Hall–Kier alpha value is -0.0900. The topological polar surface area (TPSA) is 43.4 Å². The van der Waals surface area contributed by atoms with Crippen LogP contribution < -0.4 is 0 Å². The summed E-state index contributed by atoms with van der Waals surface area (Å²) in [6.45, 7) is 6.53. The molecule has 0 unspecified atom stereocenters. The van der Waals surface area contributed by atoms with Gasteiger partial charge in [0.05, 0.1) is 11.9 Å². The summed E-state index contributed by atoms with van der Waals surface area (Å²) in [5, 5.41) is -0.295. The molecule has 0 aliphatic heterocycles. The van der Waals surface area contributed by atoms with Crippen LogP contribution in [0.4, 0.5) is 0 Å². The Kier molecular flexibility index (Phi) is 21.1. The lowest BCUT2D eigenvalue weighted by Gasteiger charge is -2.17. The van der Waals surface area contributed by atoms with E-state index in [9.17, 15) is 8.42 Å². The predicted molar refractivity (Wildman–Crippen MR) is 128 cm³/mol. The van der Waals surface area contributed by atoms with Gasteiger partial charge in [0.15, 0.2) is 0 Å². The van der Waals surface area contributed by atoms with Gasteiger partial charge in [0, 0.05) is 0 Å². The lowest BCUT2D eigenvalue weighted by atomic mass is 10.0. The van der Waals surface area contributed by atoms with Crippen molar-refractivity contribution in [3.8, 4) is 0 Å². The Labute approximate surface area is 183 Å². The van der Waals surface area contributed by atoms with E-state index in [0.29, 0.717) is 0 Å². The highest BCUT2D eigenvalue weighted by atomic mass is 32.2. The number of hydrogen-bond donors (Lipinski definition) is 0. The SMILES string of the molecule is CCCCCCCCCCCC(CCCCCCCCCCC)S(=O)(=O)OCC. The molecule has 4 heteroatoms. The first-order chi connectivity index (χ1) is 14.1. The third-order valence-corrected chi connectivity index (χ3v) is 7.80. The molecule has 0 aromatic rings. The first kappa shape index (κ1) is 28.9. The van der Waals surface area contributed by atoms with Gasteiger partial charge in [-0.2, -0.15) is 8.42 Å². The number of hydrogen-bond acceptors (Lipinski definition) is 3. The van der Waals surface area contributed by atoms with Gasteiger partial charge in [-0.3, -0.25) is 4.18 Å². The van der Waals surface area contributed by atoms with E-state index in [4.69, 9.17) is 4.18 Å². The Balaban J connectivity index is 3.94. The van der Waals surface area contributed by atoms with E-state index >= 15 is 0 Å². The molecule has 0 bridgehead atoms. The minimum atomic E-state index is -3.39. The van der Waals surface area contributed by atoms with Crippen LogP contribution in [0, 0.1) is 0 Å². The van der Waals surface area contributed by atoms with Gasteiger partial charge in [0.2, 0.25) is 0 Å². The van der Waals surface area contributed by atoms with Crippen LogP contribution in [0.3, 0.4) is 0 Å². The summed E-state index contributed by atoms with van der Waals surface area (Å²) >= 11 is 0. The van der Waals surface area contributed by atoms with Crippen molar-refractivity contribution >= 4 is 10.1 Å². The summed E-state index contributed by atoms with van der Waals surface area (Å²) in [7, 11) is -3.39. The van der Waals surface area contributed by atoms with Crippen LogP contribution in [-0.4, -0.2) is 20.3 Å². The normalized spacial score (nSPS) is 12.1. The molecule has 3 nitrogen and oxygen atoms in total. The zero-order valence-corrected chi connectivity index (χ0v) is 20.9. The highest BCUT2D eigenvalue weighted by Crippen LogP contribution is 2.21. The maximum absolute atomic E-state index is 12.4. The summed E-state index contributed by atoms with van der Waals surface area (Å²) < 4.78 is 30.0. The minimum absolute atomic E-state index is 0.258. The zero-order valence-electron chi connectivity index (χ0n) is 20.1. The maximum atomic E-state index is 12.4. The van der Waals surface area contributed by atoms with Gasteiger partial charge < -0.3 is 0 Å². The standard InChI is InChI=1S/C25H52O3S/c1-4-7-9-11-13-15-17-19-21-23-25(29(26,27)28-6-3)24-22-20-18-16-14-12-10-8-5-2/h25H,4-24H2,1-3H3. The van der Waals surface area contributed by atoms with Crippen molar-refractivity contribution in [2.24, 2.45) is 0 Å². The Morgan fingerprint density at radius 1 is 0.517 bits per heavy atom. The third-order valence-electron chi connectivity index (χ3n) is 5.95. The fraction of sp³-hybridized carbons (Fsp3) is 1.00. The minimum Gasteiger partial charge on any atom is -0.270 e. The zero-order chi connectivity index (χ0) is 21.6. The van der Waals surface area contributed by atoms with Gasteiger partial charge in [-0.1, -0.05) is 129 Å². The molecule has 0 rings (SSSR count). The fourth-order valence-electron chi connectivity index (χ4n) is 4.06. The van der Waals surface area contributed by atoms with E-state index in [0.717, 1.165) is 38.5 Å². The average molecular weight is 433 g/mol. The largest absolute Gasteiger partial charge is 0.270 e. The van der Waals surface area contributed by atoms with Crippen molar-refractivity contribution in [2.45, 2.75) is 154 Å². The molecule has 0 saturated carbocycles. The molecule has 0 heterocycles. The smallest absolute Gasteiger partial charge is 0.270 e. The van der Waals surface area contributed by atoms with Gasteiger partial charge in [0.25, 0.3) is 10.1 Å². The molecule has 0 atom stereocenters. The first-order valence-electron chi connectivity index (χ1n) is 13.0. The van der Waals surface area contributed by atoms with Crippen LogP contribution in [0.25, 0.3) is 0 Å². The van der Waals surface area contributed by atoms with Crippen molar-refractivity contribution < 1.29 is 12.6 Å². The number of rotatable bonds is 23. The van der Waals surface area contributed by atoms with Crippen molar-refractivity contribution in [1.29, 1.82) is 0 Å². The van der Waals surface area contributed by atoms with E-state index < -0.39 is 10.1 Å². The van der Waals surface area contributed by atoms with Crippen LogP contribution in [-0.2, 0) is 14.3 Å². The Bertz CT molecular complexity index is 398. The van der Waals surface area contributed by atoms with Crippen molar-refractivity contribution in [3.63, 3.8) is 0 Å². The van der Waals surface area contributed by atoms with Crippen molar-refractivity contribution in [3.05, 3.63) is 0 Å². The lowest BCUT2D eigenvalue weighted by Crippen LogP contribution is -2.23. The molecule has 0 aromatic heterocycles. The second kappa shape index (κ2) is 21.2. The second-order valence-electron chi connectivity index (χ2n) is 8.76. The Morgan fingerprint density at radius 3 is 1.14 bits per heavy atom. The average Bonchev–Trinajstić information content (AvgIpc) is 2.69. The summed E-state index contributed by atoms with van der Waals surface area (Å²) in [4.78, 5) is 0. The van der Waals surface area contributed by atoms with Gasteiger partial charge in [0.1, 0.15) is 0 Å². The van der Waals surface area contributed by atoms with Gasteiger partial charge in [-0.05, 0) is 19.8 Å². The highest BCUT2D eigenvalue weighted by Gasteiger charge is 2.25. The molecular weight excluding hydrogens is 380 g/mol. The molecule has 0 aliphatic rings. The predicted octanol–water partition coefficient (Wildman–Crippen LogP) is 8.56. The molecule has 176 valence electrons. The summed E-state index contributed by atoms with van der Waals surface area (Å²) in [5.41, 5.74) is 0. The monoisotopic (exact) mass is 432 g/mol. The second-order valence-corrected chi connectivity index (χ2v) is 10.6. The van der Waals surface area contributed by atoms with Crippen LogP contribution >= 0.6 is 0 Å². The summed E-state index contributed by atoms with van der Waals surface area (Å²) in [6.07, 6.45) is 24.4. The molecule has 0 aliphatic carbocycles. The fourth-order valence-corrected chi connectivity index (χ4v) is 5.49. The molecule has 0 aromatic carbocycles. The first-order valence-corrected chi connectivity index (χ1v) is 14.4. The molecule has 0 saturated heterocycles. The molecule has 0 N–H and O–H groups in total. The van der Waals surface area contributed by atoms with E-state index in [1.54, 1.807) is 6.92 Å². The quantitative estimate of drug-likeness (QED) is 0.120. The van der Waals surface area contributed by atoms with E-state index in [2.05, 4.69) is 13.8 Å². The summed E-state index contributed by atoms with van der Waals surface area (Å²) in [6, 6.07) is 0. The molecule has 29 heavy (non-hydrogen) atoms. The van der Waals surface area contributed by atoms with E-state index in [1.807, 2.05) is 0 Å². The lowest BCUT2D eigenvalue weighted by molar-refractivity contribution is 0.324. The maximum Gasteiger partial charge on any atom is 0.270 e. The van der Waals surface area contributed by atoms with Crippen LogP contribution in [0.15, 0.2) is 0 Å².